The minimum atomic E-state index is -3.94. The van der Waals surface area contributed by atoms with Crippen LogP contribution < -0.4 is 13.6 Å². The summed E-state index contributed by atoms with van der Waals surface area (Å²) in [6.07, 6.45) is 2.41. The van der Waals surface area contributed by atoms with Crippen LogP contribution in [0, 0.1) is 0 Å². The summed E-state index contributed by atoms with van der Waals surface area (Å²) >= 11 is -3.94. The SMILES string of the molecule is CC1=Cc2c(ccc(C(C)(C)C)c2-c2ccccc2C(C)C)[CH]1[Zr]([Cl])([Cl])[c]1cccc2c1[SiH2]c1ccccc1-2. The van der Waals surface area contributed by atoms with Crippen molar-refractivity contribution in [3.05, 3.63) is 107 Å². The van der Waals surface area contributed by atoms with Crippen molar-refractivity contribution in [2.75, 3.05) is 0 Å². The molecule has 0 fully saturated rings. The van der Waals surface area contributed by atoms with E-state index in [1.54, 1.807) is 0 Å². The van der Waals surface area contributed by atoms with E-state index in [9.17, 15) is 0 Å². The molecule has 1 atom stereocenters. The van der Waals surface area contributed by atoms with Crippen LogP contribution in [0.15, 0.2) is 84.4 Å². The van der Waals surface area contributed by atoms with E-state index in [4.69, 9.17) is 17.0 Å². The molecule has 0 amide bonds. The van der Waals surface area contributed by atoms with E-state index < -0.39 is 27.4 Å². The normalized spacial score (nSPS) is 16.8. The quantitative estimate of drug-likeness (QED) is 0.173. The van der Waals surface area contributed by atoms with Gasteiger partial charge in [0.15, 0.2) is 0 Å². The monoisotopic (exact) mass is 644 g/mol. The molecule has 0 spiro atoms. The Morgan fingerprint density at radius 1 is 0.795 bits per heavy atom. The predicted octanol–water partition coefficient (Wildman–Crippen LogP) is 8.12. The van der Waals surface area contributed by atoms with Crippen molar-refractivity contribution in [2.24, 2.45) is 0 Å². The molecule has 1 unspecified atom stereocenters. The number of rotatable bonds is 4. The summed E-state index contributed by atoms with van der Waals surface area (Å²) in [6.45, 7) is 13.8. The fraction of sp³-hybridized carbons (Fsp3) is 0.257. The third-order valence-electron chi connectivity index (χ3n) is 8.65. The van der Waals surface area contributed by atoms with E-state index in [-0.39, 0.29) is 9.04 Å². The van der Waals surface area contributed by atoms with Crippen LogP contribution in [0.3, 0.4) is 0 Å². The van der Waals surface area contributed by atoms with Crippen molar-refractivity contribution in [1.82, 2.24) is 0 Å². The first-order valence-electron chi connectivity index (χ1n) is 14.0. The van der Waals surface area contributed by atoms with E-state index in [0.717, 1.165) is 0 Å². The van der Waals surface area contributed by atoms with Gasteiger partial charge in [-0.15, -0.1) is 0 Å². The topological polar surface area (TPSA) is 0 Å². The average Bonchev–Trinajstić information content (AvgIpc) is 3.44. The second-order valence-electron chi connectivity index (χ2n) is 12.6. The fourth-order valence-electron chi connectivity index (χ4n) is 6.85. The first-order valence-corrected chi connectivity index (χ1v) is 24.4. The van der Waals surface area contributed by atoms with Gasteiger partial charge in [-0.2, -0.15) is 0 Å². The molecule has 0 bridgehead atoms. The van der Waals surface area contributed by atoms with E-state index in [2.05, 4.69) is 126 Å². The molecule has 198 valence electrons. The third kappa shape index (κ3) is 4.51. The van der Waals surface area contributed by atoms with Gasteiger partial charge >= 0.3 is 250 Å². The van der Waals surface area contributed by atoms with E-state index in [1.807, 2.05) is 0 Å². The molecule has 39 heavy (non-hydrogen) atoms. The van der Waals surface area contributed by atoms with Gasteiger partial charge in [0.25, 0.3) is 0 Å². The van der Waals surface area contributed by atoms with Gasteiger partial charge in [-0.25, -0.2) is 0 Å². The molecule has 4 aromatic rings. The number of benzene rings is 4. The van der Waals surface area contributed by atoms with Gasteiger partial charge in [-0.1, -0.05) is 0 Å². The standard InChI is InChI=1S/C23H27.C12H9Si.2ClH.Zr/c1-15(2)18-9-7-8-10-19(18)22-20-14-16(3)13-17(20)11-12-21(22)23(4,5)6;1-3-7-11-9(5-1)10-6-2-4-8-12(10)13-11;;;/h7-15H,1-6H3;1-7H,13H2;2*1H;/q;;;;+2/p-2. The number of halogens is 2. The molecule has 2 aliphatic rings. The van der Waals surface area contributed by atoms with E-state index in [0.29, 0.717) is 5.92 Å². The second kappa shape index (κ2) is 9.99. The Balaban J connectivity index is 1.55. The number of hydrogen-bond acceptors (Lipinski definition) is 0. The summed E-state index contributed by atoms with van der Waals surface area (Å²) in [5.41, 5.74) is 12.2. The number of hydrogen-bond donors (Lipinski definition) is 0. The van der Waals surface area contributed by atoms with Gasteiger partial charge in [0.05, 0.1) is 0 Å². The van der Waals surface area contributed by atoms with Gasteiger partial charge in [-0.05, 0) is 0 Å². The van der Waals surface area contributed by atoms with Crippen LogP contribution in [-0.2, 0) is 23.3 Å². The van der Waals surface area contributed by atoms with Crippen LogP contribution in [0.25, 0.3) is 28.3 Å². The Morgan fingerprint density at radius 3 is 2.18 bits per heavy atom. The Bertz CT molecular complexity index is 1640. The molecule has 0 radical (unpaired) electrons. The summed E-state index contributed by atoms with van der Waals surface area (Å²) in [7, 11) is 15.0. The third-order valence-corrected chi connectivity index (χ3v) is 23.2. The van der Waals surface area contributed by atoms with Crippen molar-refractivity contribution in [3.63, 3.8) is 0 Å². The van der Waals surface area contributed by atoms with Gasteiger partial charge < -0.3 is 0 Å². The summed E-state index contributed by atoms with van der Waals surface area (Å²) in [5.74, 6) is 0.435. The average molecular weight is 647 g/mol. The molecule has 1 aliphatic carbocycles. The molecule has 4 aromatic carbocycles. The zero-order valence-electron chi connectivity index (χ0n) is 23.7. The molecule has 0 N–H and O–H groups in total. The first kappa shape index (κ1) is 27.5. The first-order chi connectivity index (χ1) is 18.5. The van der Waals surface area contributed by atoms with E-state index in [1.165, 1.54) is 63.7 Å². The summed E-state index contributed by atoms with van der Waals surface area (Å²) in [4.78, 5) is 0. The molecule has 0 nitrogen and oxygen atoms in total. The van der Waals surface area contributed by atoms with E-state index >= 15 is 0 Å². The molecule has 1 aliphatic heterocycles. The summed E-state index contributed by atoms with van der Waals surface area (Å²) in [6, 6.07) is 29.2. The van der Waals surface area contributed by atoms with Crippen molar-refractivity contribution in [1.29, 1.82) is 0 Å². The Labute approximate surface area is 247 Å². The van der Waals surface area contributed by atoms with Crippen LogP contribution in [0.2, 0.25) is 0 Å². The summed E-state index contributed by atoms with van der Waals surface area (Å²) < 4.78 is 1.39. The molecule has 0 saturated carbocycles. The van der Waals surface area contributed by atoms with Crippen molar-refractivity contribution in [3.8, 4) is 22.3 Å². The van der Waals surface area contributed by atoms with Crippen LogP contribution in [-0.4, -0.2) is 9.52 Å². The summed E-state index contributed by atoms with van der Waals surface area (Å²) in [5, 5.41) is 2.99. The number of fused-ring (bicyclic) bond motifs is 4. The van der Waals surface area contributed by atoms with Gasteiger partial charge in [0.2, 0.25) is 0 Å². The van der Waals surface area contributed by atoms with Crippen molar-refractivity contribution >= 4 is 46.3 Å². The maximum absolute atomic E-state index is 7.78. The molecule has 6 rings (SSSR count). The van der Waals surface area contributed by atoms with Crippen LogP contribution in [0.5, 0.6) is 0 Å². The second-order valence-corrected chi connectivity index (χ2v) is 28.4. The Hall–Kier alpha value is -1.70. The molecule has 0 aromatic heterocycles. The van der Waals surface area contributed by atoms with Gasteiger partial charge in [-0.3, -0.25) is 0 Å². The Kier molecular flexibility index (Phi) is 7.03. The Morgan fingerprint density at radius 2 is 1.46 bits per heavy atom. The molecule has 1 heterocycles. The van der Waals surface area contributed by atoms with Crippen molar-refractivity contribution < 1.29 is 17.9 Å². The van der Waals surface area contributed by atoms with Gasteiger partial charge in [0, 0.05) is 0 Å². The van der Waals surface area contributed by atoms with Crippen LogP contribution >= 0.6 is 17.0 Å². The van der Waals surface area contributed by atoms with Crippen LogP contribution in [0.4, 0.5) is 0 Å². The zero-order valence-corrected chi connectivity index (χ0v) is 29.1. The molecule has 0 saturated heterocycles. The fourth-order valence-corrected chi connectivity index (χ4v) is 24.0. The molecular formula is C35H36Cl2SiZr. The molecular weight excluding hydrogens is 611 g/mol. The maximum atomic E-state index is 7.78. The van der Waals surface area contributed by atoms with Crippen molar-refractivity contribution in [2.45, 2.75) is 56.5 Å². The van der Waals surface area contributed by atoms with Gasteiger partial charge in [0.1, 0.15) is 0 Å². The predicted molar refractivity (Wildman–Crippen MR) is 172 cm³/mol. The van der Waals surface area contributed by atoms with Crippen LogP contribution in [0.1, 0.15) is 73.3 Å². The zero-order chi connectivity index (χ0) is 27.7. The minimum absolute atomic E-state index is 0.00815. The molecule has 4 heteroatoms. The number of allylic oxidation sites excluding steroid dienone is 1.